The first-order chi connectivity index (χ1) is 16.5. The largest absolute Gasteiger partial charge is 0.493 e. The first kappa shape index (κ1) is 25.9. The number of ether oxygens (including phenoxy) is 4. The van der Waals surface area contributed by atoms with E-state index < -0.39 is 35.0 Å². The summed E-state index contributed by atoms with van der Waals surface area (Å²) in [6, 6.07) is 7.78. The predicted octanol–water partition coefficient (Wildman–Crippen LogP) is 5.61. The summed E-state index contributed by atoms with van der Waals surface area (Å²) in [5.41, 5.74) is -1.94. The zero-order chi connectivity index (χ0) is 25.9. The van der Waals surface area contributed by atoms with Crippen LogP contribution in [0.4, 0.5) is 13.2 Å². The lowest BCUT2D eigenvalue weighted by molar-refractivity contribution is -0.156. The minimum Gasteiger partial charge on any atom is -0.493 e. The Bertz CT molecular complexity index is 1280. The molecule has 3 aromatic rings. The maximum atomic E-state index is 14.0. The lowest BCUT2D eigenvalue weighted by atomic mass is 10.0. The standard InChI is InChI=1S/C25H25F3O7/c1-6-13(2)33-24(30)14(3)34-16-8-9-17-19(12-16)35-23(25(26,27)28)21(22(17)29)15-7-10-18(31-4)20(11-15)32-5/h7-14H,6H2,1-5H3/t13-,14+/m0/s1. The van der Waals surface area contributed by atoms with Crippen molar-refractivity contribution in [2.45, 2.75) is 45.6 Å². The lowest BCUT2D eigenvalue weighted by Gasteiger charge is -2.17. The molecule has 1 heterocycles. The Balaban J connectivity index is 2.10. The summed E-state index contributed by atoms with van der Waals surface area (Å²) in [4.78, 5) is 25.3. The quantitative estimate of drug-likeness (QED) is 0.377. The predicted molar refractivity (Wildman–Crippen MR) is 122 cm³/mol. The average molecular weight is 494 g/mol. The van der Waals surface area contributed by atoms with Gasteiger partial charge in [0.15, 0.2) is 17.6 Å². The molecule has 0 fully saturated rings. The number of hydrogen-bond acceptors (Lipinski definition) is 7. The van der Waals surface area contributed by atoms with Crippen molar-refractivity contribution in [2.24, 2.45) is 0 Å². The van der Waals surface area contributed by atoms with Gasteiger partial charge in [-0.1, -0.05) is 13.0 Å². The van der Waals surface area contributed by atoms with Crippen LogP contribution in [0.2, 0.25) is 0 Å². The SMILES string of the molecule is CC[C@H](C)OC(=O)[C@@H](C)Oc1ccc2c(=O)c(-c3ccc(OC)c(OC)c3)c(C(F)(F)F)oc2c1. The zero-order valence-corrected chi connectivity index (χ0v) is 19.8. The van der Waals surface area contributed by atoms with Crippen molar-refractivity contribution in [3.05, 3.63) is 52.4 Å². The normalized spacial score (nSPS) is 13.3. The van der Waals surface area contributed by atoms with Crippen LogP contribution in [0.15, 0.2) is 45.6 Å². The van der Waals surface area contributed by atoms with Gasteiger partial charge in [-0.2, -0.15) is 13.2 Å². The molecule has 0 bridgehead atoms. The number of hydrogen-bond donors (Lipinski definition) is 0. The van der Waals surface area contributed by atoms with E-state index in [0.29, 0.717) is 6.42 Å². The third kappa shape index (κ3) is 5.52. The first-order valence-corrected chi connectivity index (χ1v) is 10.8. The van der Waals surface area contributed by atoms with E-state index >= 15 is 0 Å². The van der Waals surface area contributed by atoms with E-state index in [-0.39, 0.29) is 39.9 Å². The van der Waals surface area contributed by atoms with Gasteiger partial charge in [-0.15, -0.1) is 0 Å². The number of benzene rings is 2. The van der Waals surface area contributed by atoms with E-state index in [0.717, 1.165) is 6.07 Å². The minimum atomic E-state index is -4.97. The molecular weight excluding hydrogens is 469 g/mol. The second-order valence-corrected chi connectivity index (χ2v) is 7.78. The Labute approximate surface area is 199 Å². The number of carbonyl (C=O) groups excluding carboxylic acids is 1. The molecule has 0 aliphatic carbocycles. The van der Waals surface area contributed by atoms with Crippen LogP contribution in [0.3, 0.4) is 0 Å². The molecule has 0 saturated heterocycles. The zero-order valence-electron chi connectivity index (χ0n) is 19.8. The summed E-state index contributed by atoms with van der Waals surface area (Å²) in [6.45, 7) is 5.03. The molecule has 0 saturated carbocycles. The molecule has 0 N–H and O–H groups in total. The highest BCUT2D eigenvalue weighted by Gasteiger charge is 2.39. The Kier molecular flexibility index (Phi) is 7.62. The summed E-state index contributed by atoms with van der Waals surface area (Å²) >= 11 is 0. The number of methoxy groups -OCH3 is 2. The highest BCUT2D eigenvalue weighted by molar-refractivity contribution is 5.84. The topological polar surface area (TPSA) is 84.2 Å². The molecule has 0 aliphatic heterocycles. The van der Waals surface area contributed by atoms with Crippen LogP contribution in [-0.2, 0) is 15.7 Å². The molecule has 0 spiro atoms. The van der Waals surface area contributed by atoms with Crippen molar-refractivity contribution in [1.82, 2.24) is 0 Å². The Morgan fingerprint density at radius 3 is 2.31 bits per heavy atom. The van der Waals surface area contributed by atoms with E-state index in [9.17, 15) is 22.8 Å². The highest BCUT2D eigenvalue weighted by atomic mass is 19.4. The van der Waals surface area contributed by atoms with E-state index in [2.05, 4.69) is 0 Å². The number of rotatable bonds is 8. The molecule has 1 aromatic heterocycles. The van der Waals surface area contributed by atoms with Crippen LogP contribution in [-0.4, -0.2) is 32.4 Å². The highest BCUT2D eigenvalue weighted by Crippen LogP contribution is 2.40. The molecule has 0 radical (unpaired) electrons. The molecule has 10 heteroatoms. The van der Waals surface area contributed by atoms with Gasteiger partial charge in [-0.05, 0) is 50.1 Å². The van der Waals surface area contributed by atoms with Gasteiger partial charge in [0.2, 0.25) is 11.2 Å². The minimum absolute atomic E-state index is 0.0428. The van der Waals surface area contributed by atoms with Gasteiger partial charge >= 0.3 is 12.1 Å². The molecule has 0 aliphatic rings. The molecule has 2 atom stereocenters. The Morgan fingerprint density at radius 2 is 1.71 bits per heavy atom. The van der Waals surface area contributed by atoms with Gasteiger partial charge in [0.25, 0.3) is 0 Å². The lowest BCUT2D eigenvalue weighted by Crippen LogP contribution is -2.29. The molecular formula is C25H25F3O7. The van der Waals surface area contributed by atoms with Crippen molar-refractivity contribution < 1.29 is 41.3 Å². The van der Waals surface area contributed by atoms with Crippen LogP contribution in [0, 0.1) is 0 Å². The fourth-order valence-corrected chi connectivity index (χ4v) is 3.33. The van der Waals surface area contributed by atoms with E-state index in [4.69, 9.17) is 23.4 Å². The smallest absolute Gasteiger partial charge is 0.450 e. The molecule has 0 amide bonds. The van der Waals surface area contributed by atoms with E-state index in [1.807, 2.05) is 6.92 Å². The first-order valence-electron chi connectivity index (χ1n) is 10.8. The maximum Gasteiger partial charge on any atom is 0.450 e. The number of fused-ring (bicyclic) bond motifs is 1. The van der Waals surface area contributed by atoms with Crippen LogP contribution < -0.4 is 19.6 Å². The monoisotopic (exact) mass is 494 g/mol. The van der Waals surface area contributed by atoms with Crippen molar-refractivity contribution in [3.63, 3.8) is 0 Å². The Hall–Kier alpha value is -3.69. The van der Waals surface area contributed by atoms with Crippen LogP contribution in [0.25, 0.3) is 22.1 Å². The van der Waals surface area contributed by atoms with Crippen molar-refractivity contribution in [2.75, 3.05) is 14.2 Å². The van der Waals surface area contributed by atoms with Gasteiger partial charge in [0, 0.05) is 6.07 Å². The van der Waals surface area contributed by atoms with Crippen molar-refractivity contribution in [1.29, 1.82) is 0 Å². The molecule has 2 aromatic carbocycles. The summed E-state index contributed by atoms with van der Waals surface area (Å²) in [6.07, 6.45) is -5.70. The molecule has 7 nitrogen and oxygen atoms in total. The Morgan fingerprint density at radius 1 is 1.03 bits per heavy atom. The number of alkyl halides is 3. The maximum absolute atomic E-state index is 14.0. The van der Waals surface area contributed by atoms with Gasteiger partial charge in [0.05, 0.1) is 31.3 Å². The summed E-state index contributed by atoms with van der Waals surface area (Å²) in [7, 11) is 2.71. The summed E-state index contributed by atoms with van der Waals surface area (Å²) < 4.78 is 68.1. The van der Waals surface area contributed by atoms with Gasteiger partial charge in [0.1, 0.15) is 11.3 Å². The van der Waals surface area contributed by atoms with Crippen molar-refractivity contribution in [3.8, 4) is 28.4 Å². The number of esters is 1. The second kappa shape index (κ2) is 10.3. The second-order valence-electron chi connectivity index (χ2n) is 7.78. The van der Waals surface area contributed by atoms with Crippen LogP contribution in [0.1, 0.15) is 33.0 Å². The summed E-state index contributed by atoms with van der Waals surface area (Å²) in [5, 5.41) is -0.0926. The fourth-order valence-electron chi connectivity index (χ4n) is 3.33. The van der Waals surface area contributed by atoms with Crippen LogP contribution >= 0.6 is 0 Å². The van der Waals surface area contributed by atoms with E-state index in [1.165, 1.54) is 51.5 Å². The third-order valence-electron chi connectivity index (χ3n) is 5.33. The van der Waals surface area contributed by atoms with Crippen molar-refractivity contribution >= 4 is 16.9 Å². The van der Waals surface area contributed by atoms with Gasteiger partial charge < -0.3 is 23.4 Å². The van der Waals surface area contributed by atoms with Gasteiger partial charge in [-0.3, -0.25) is 4.79 Å². The fraction of sp³-hybridized carbons (Fsp3) is 0.360. The molecule has 0 unspecified atom stereocenters. The number of carbonyl (C=O) groups is 1. The van der Waals surface area contributed by atoms with Gasteiger partial charge in [-0.25, -0.2) is 4.79 Å². The van der Waals surface area contributed by atoms with E-state index in [1.54, 1.807) is 6.92 Å². The molecule has 35 heavy (non-hydrogen) atoms. The average Bonchev–Trinajstić information content (AvgIpc) is 2.82. The number of halogens is 3. The molecule has 3 rings (SSSR count). The third-order valence-corrected chi connectivity index (χ3v) is 5.33. The van der Waals surface area contributed by atoms with Crippen LogP contribution in [0.5, 0.6) is 17.2 Å². The summed E-state index contributed by atoms with van der Waals surface area (Å²) in [5.74, 6) is -1.61. The molecule has 188 valence electrons.